The van der Waals surface area contributed by atoms with Crippen LogP contribution in [0, 0.1) is 19.8 Å². The van der Waals surface area contributed by atoms with Crippen molar-refractivity contribution in [1.82, 2.24) is 19.7 Å². The minimum absolute atomic E-state index is 0.685. The van der Waals surface area contributed by atoms with Gasteiger partial charge in [-0.15, -0.1) is 11.3 Å². The highest BCUT2D eigenvalue weighted by atomic mass is 35.5. The number of halogens is 1. The van der Waals surface area contributed by atoms with Crippen molar-refractivity contribution in [3.05, 3.63) is 33.0 Å². The molecule has 4 nitrogen and oxygen atoms in total. The van der Waals surface area contributed by atoms with Crippen molar-refractivity contribution in [1.29, 1.82) is 0 Å². The first-order valence-electron chi connectivity index (χ1n) is 6.43. The second kappa shape index (κ2) is 5.23. The maximum Gasteiger partial charge on any atom is 0.0900 e. The summed E-state index contributed by atoms with van der Waals surface area (Å²) in [6.07, 6.45) is 3.59. The number of likely N-dealkylation sites (tertiary alicyclic amines) is 1. The lowest BCUT2D eigenvalue weighted by molar-refractivity contribution is 0.0786. The molecule has 2 aromatic heterocycles. The van der Waals surface area contributed by atoms with E-state index in [2.05, 4.69) is 28.8 Å². The van der Waals surface area contributed by atoms with E-state index in [0.29, 0.717) is 10.9 Å². The van der Waals surface area contributed by atoms with Crippen molar-refractivity contribution in [2.45, 2.75) is 26.9 Å². The number of nitrogens with zero attached hydrogens (tertiary/aromatic N) is 4. The molecule has 0 amide bonds. The topological polar surface area (TPSA) is 34.0 Å². The van der Waals surface area contributed by atoms with Gasteiger partial charge < -0.3 is 0 Å². The molecule has 2 aromatic rings. The maximum absolute atomic E-state index is 5.86. The van der Waals surface area contributed by atoms with Crippen molar-refractivity contribution in [3.8, 4) is 0 Å². The Labute approximate surface area is 122 Å². The highest BCUT2D eigenvalue weighted by Crippen LogP contribution is 2.25. The lowest BCUT2D eigenvalue weighted by Gasteiger charge is -2.39. The largest absolute Gasteiger partial charge is 0.297 e. The molecule has 1 aliphatic rings. The number of hydrogen-bond acceptors (Lipinski definition) is 4. The molecule has 0 aliphatic carbocycles. The van der Waals surface area contributed by atoms with E-state index in [1.807, 2.05) is 22.2 Å². The third kappa shape index (κ3) is 2.99. The lowest BCUT2D eigenvalue weighted by Crippen LogP contribution is -2.47. The predicted octanol–water partition coefficient (Wildman–Crippen LogP) is 2.74. The van der Waals surface area contributed by atoms with Crippen molar-refractivity contribution in [3.63, 3.8) is 0 Å². The van der Waals surface area contributed by atoms with Gasteiger partial charge in [0, 0.05) is 43.2 Å². The number of rotatable bonds is 4. The molecule has 19 heavy (non-hydrogen) atoms. The van der Waals surface area contributed by atoms with E-state index in [1.54, 1.807) is 6.20 Å². The highest BCUT2D eigenvalue weighted by molar-refractivity contribution is 7.11. The van der Waals surface area contributed by atoms with Crippen LogP contribution in [-0.2, 0) is 13.1 Å². The van der Waals surface area contributed by atoms with Crippen LogP contribution in [0.25, 0.3) is 0 Å². The molecule has 102 valence electrons. The number of thiazole rings is 1. The van der Waals surface area contributed by atoms with Gasteiger partial charge in [-0.1, -0.05) is 11.6 Å². The van der Waals surface area contributed by atoms with Gasteiger partial charge in [0.05, 0.1) is 21.9 Å². The first-order chi connectivity index (χ1) is 9.10. The molecule has 1 fully saturated rings. The molecule has 1 saturated heterocycles. The zero-order valence-corrected chi connectivity index (χ0v) is 12.7. The minimum atomic E-state index is 0.685. The Morgan fingerprint density at radius 3 is 2.79 bits per heavy atom. The Hall–Kier alpha value is -0.910. The Balaban J connectivity index is 1.49. The summed E-state index contributed by atoms with van der Waals surface area (Å²) >= 11 is 7.67. The van der Waals surface area contributed by atoms with E-state index in [0.717, 1.165) is 31.2 Å². The minimum Gasteiger partial charge on any atom is -0.297 e. The average molecular weight is 297 g/mol. The molecule has 0 N–H and O–H groups in total. The molecule has 0 aromatic carbocycles. The van der Waals surface area contributed by atoms with Gasteiger partial charge in [0.15, 0.2) is 0 Å². The van der Waals surface area contributed by atoms with Crippen LogP contribution in [0.2, 0.25) is 5.02 Å². The summed E-state index contributed by atoms with van der Waals surface area (Å²) in [4.78, 5) is 8.34. The van der Waals surface area contributed by atoms with Gasteiger partial charge in [-0.25, -0.2) is 4.98 Å². The van der Waals surface area contributed by atoms with Crippen molar-refractivity contribution < 1.29 is 0 Å². The third-order valence-corrected chi connectivity index (χ3v) is 4.70. The fraction of sp³-hybridized carbons (Fsp3) is 0.538. The SMILES string of the molecule is Cc1nc(C)c(CN2CC(Cn3cc(Cl)cn3)C2)s1. The van der Waals surface area contributed by atoms with Crippen molar-refractivity contribution in [2.75, 3.05) is 13.1 Å². The van der Waals surface area contributed by atoms with Crippen LogP contribution < -0.4 is 0 Å². The van der Waals surface area contributed by atoms with Crippen LogP contribution >= 0.6 is 22.9 Å². The summed E-state index contributed by atoms with van der Waals surface area (Å²) in [6, 6.07) is 0. The van der Waals surface area contributed by atoms with Gasteiger partial charge in [0.2, 0.25) is 0 Å². The fourth-order valence-electron chi connectivity index (χ4n) is 2.55. The average Bonchev–Trinajstić information content (AvgIpc) is 2.83. The molecular formula is C13H17ClN4S. The van der Waals surface area contributed by atoms with E-state index in [-0.39, 0.29) is 0 Å². The van der Waals surface area contributed by atoms with Crippen LogP contribution in [0.1, 0.15) is 15.6 Å². The molecule has 0 radical (unpaired) electrons. The molecule has 6 heteroatoms. The monoisotopic (exact) mass is 296 g/mol. The number of aryl methyl sites for hydroxylation is 2. The molecule has 3 rings (SSSR count). The fourth-order valence-corrected chi connectivity index (χ4v) is 3.68. The predicted molar refractivity (Wildman–Crippen MR) is 77.6 cm³/mol. The summed E-state index contributed by atoms with van der Waals surface area (Å²) in [5.74, 6) is 0.685. The van der Waals surface area contributed by atoms with E-state index >= 15 is 0 Å². The number of hydrogen-bond donors (Lipinski definition) is 0. The first kappa shape index (κ1) is 13.1. The lowest BCUT2D eigenvalue weighted by atomic mass is 10.0. The van der Waals surface area contributed by atoms with E-state index in [4.69, 9.17) is 11.6 Å². The van der Waals surface area contributed by atoms with Gasteiger partial charge in [0.1, 0.15) is 0 Å². The second-order valence-electron chi connectivity index (χ2n) is 5.18. The zero-order valence-electron chi connectivity index (χ0n) is 11.1. The van der Waals surface area contributed by atoms with Crippen LogP contribution in [0.15, 0.2) is 12.4 Å². The highest BCUT2D eigenvalue weighted by Gasteiger charge is 2.27. The number of aromatic nitrogens is 3. The van der Waals surface area contributed by atoms with Gasteiger partial charge in [-0.3, -0.25) is 9.58 Å². The quantitative estimate of drug-likeness (QED) is 0.870. The zero-order chi connectivity index (χ0) is 13.4. The van der Waals surface area contributed by atoms with Crippen LogP contribution in [0.5, 0.6) is 0 Å². The van der Waals surface area contributed by atoms with Crippen LogP contribution in [0.3, 0.4) is 0 Å². The third-order valence-electron chi connectivity index (χ3n) is 3.45. The molecule has 0 atom stereocenters. The Kier molecular flexibility index (Phi) is 3.60. The second-order valence-corrected chi connectivity index (χ2v) is 6.91. The van der Waals surface area contributed by atoms with Crippen LogP contribution in [0.4, 0.5) is 0 Å². The molecule has 3 heterocycles. The summed E-state index contributed by atoms with van der Waals surface area (Å²) in [6.45, 7) is 8.43. The van der Waals surface area contributed by atoms with Crippen molar-refractivity contribution >= 4 is 22.9 Å². The van der Waals surface area contributed by atoms with Crippen molar-refractivity contribution in [2.24, 2.45) is 5.92 Å². The summed E-state index contributed by atoms with van der Waals surface area (Å²) in [5.41, 5.74) is 1.19. The standard InChI is InChI=1S/C13H17ClN4S/c1-9-13(19-10(2)16-9)8-17-4-11(5-17)6-18-7-12(14)3-15-18/h3,7,11H,4-6,8H2,1-2H3. The molecule has 0 unspecified atom stereocenters. The molecule has 0 spiro atoms. The van der Waals surface area contributed by atoms with E-state index in [1.165, 1.54) is 10.6 Å². The molecular weight excluding hydrogens is 280 g/mol. The Bertz CT molecular complexity index is 571. The van der Waals surface area contributed by atoms with Gasteiger partial charge >= 0.3 is 0 Å². The smallest absolute Gasteiger partial charge is 0.0900 e. The Morgan fingerprint density at radius 1 is 1.42 bits per heavy atom. The van der Waals surface area contributed by atoms with Gasteiger partial charge in [0.25, 0.3) is 0 Å². The summed E-state index contributed by atoms with van der Waals surface area (Å²) < 4.78 is 1.94. The Morgan fingerprint density at radius 2 is 2.21 bits per heavy atom. The van der Waals surface area contributed by atoms with Crippen LogP contribution in [-0.4, -0.2) is 32.8 Å². The summed E-state index contributed by atoms with van der Waals surface area (Å²) in [7, 11) is 0. The van der Waals surface area contributed by atoms with Gasteiger partial charge in [-0.05, 0) is 13.8 Å². The van der Waals surface area contributed by atoms with E-state index < -0.39 is 0 Å². The molecule has 0 bridgehead atoms. The normalized spacial score (nSPS) is 16.8. The summed E-state index contributed by atoms with van der Waals surface area (Å²) in [5, 5.41) is 6.10. The van der Waals surface area contributed by atoms with Gasteiger partial charge in [-0.2, -0.15) is 5.10 Å². The molecule has 0 saturated carbocycles. The van der Waals surface area contributed by atoms with E-state index in [9.17, 15) is 0 Å². The first-order valence-corrected chi connectivity index (χ1v) is 7.63. The maximum atomic E-state index is 5.86. The molecule has 1 aliphatic heterocycles.